The summed E-state index contributed by atoms with van der Waals surface area (Å²) in [5.74, 6) is -1.17. The van der Waals surface area contributed by atoms with Crippen LogP contribution in [0.4, 0.5) is 8.78 Å². The van der Waals surface area contributed by atoms with Crippen molar-refractivity contribution in [3.05, 3.63) is 65.5 Å². The fraction of sp³-hybridized carbons (Fsp3) is 0.455. The molecule has 1 aliphatic carbocycles. The van der Waals surface area contributed by atoms with Crippen LogP contribution in [0, 0.1) is 23.5 Å². The van der Waals surface area contributed by atoms with Crippen LogP contribution in [0.15, 0.2) is 42.6 Å². The molecule has 148 valence electrons. The molecule has 2 aliphatic rings. The summed E-state index contributed by atoms with van der Waals surface area (Å²) >= 11 is 0. The maximum atomic E-state index is 14.1. The van der Waals surface area contributed by atoms with Crippen molar-refractivity contribution in [2.45, 2.75) is 38.3 Å². The van der Waals surface area contributed by atoms with Crippen molar-refractivity contribution in [3.63, 3.8) is 0 Å². The topological polar surface area (TPSA) is 45.2 Å². The number of nitrogens with one attached hydrogen (secondary N) is 1. The number of hydrogen-bond donors (Lipinski definition) is 1. The summed E-state index contributed by atoms with van der Waals surface area (Å²) in [5.41, 5.74) is 1.23. The Balaban J connectivity index is 1.49. The summed E-state index contributed by atoms with van der Waals surface area (Å²) in [7, 11) is 0. The molecule has 2 fully saturated rings. The predicted octanol–water partition coefficient (Wildman–Crippen LogP) is 3.84. The minimum absolute atomic E-state index is 0.101. The first-order valence-electron chi connectivity index (χ1n) is 9.98. The predicted molar refractivity (Wildman–Crippen MR) is 102 cm³/mol. The molecule has 2 unspecified atom stereocenters. The summed E-state index contributed by atoms with van der Waals surface area (Å²) in [4.78, 5) is 19.1. The van der Waals surface area contributed by atoms with E-state index in [1.807, 2.05) is 18.2 Å². The van der Waals surface area contributed by atoms with E-state index in [2.05, 4.69) is 15.2 Å². The summed E-state index contributed by atoms with van der Waals surface area (Å²) in [6, 6.07) is 9.90. The van der Waals surface area contributed by atoms with Gasteiger partial charge in [0, 0.05) is 30.8 Å². The molecule has 6 heteroatoms. The zero-order valence-corrected chi connectivity index (χ0v) is 15.8. The second-order valence-corrected chi connectivity index (χ2v) is 7.87. The van der Waals surface area contributed by atoms with E-state index in [4.69, 9.17) is 0 Å². The maximum absolute atomic E-state index is 14.1. The van der Waals surface area contributed by atoms with E-state index in [1.54, 1.807) is 18.3 Å². The van der Waals surface area contributed by atoms with Crippen molar-refractivity contribution in [2.24, 2.45) is 11.8 Å². The van der Waals surface area contributed by atoms with Crippen LogP contribution in [-0.4, -0.2) is 28.9 Å². The second kappa shape index (κ2) is 8.35. The van der Waals surface area contributed by atoms with Gasteiger partial charge in [0.2, 0.25) is 5.91 Å². The number of piperidine rings is 1. The summed E-state index contributed by atoms with van der Waals surface area (Å²) < 4.78 is 27.6. The Labute approximate surface area is 164 Å². The average molecular weight is 385 g/mol. The molecule has 0 radical (unpaired) electrons. The van der Waals surface area contributed by atoms with Crippen molar-refractivity contribution in [1.82, 2.24) is 15.2 Å². The van der Waals surface area contributed by atoms with Crippen molar-refractivity contribution in [1.29, 1.82) is 0 Å². The van der Waals surface area contributed by atoms with Crippen LogP contribution in [0.5, 0.6) is 0 Å². The normalized spacial score (nSPS) is 21.3. The fourth-order valence-corrected chi connectivity index (χ4v) is 4.03. The number of aromatic nitrogens is 1. The average Bonchev–Trinajstić information content (AvgIpc) is 3.56. The third-order valence-corrected chi connectivity index (χ3v) is 5.69. The Bertz CT molecular complexity index is 826. The first-order chi connectivity index (χ1) is 13.6. The molecule has 28 heavy (non-hydrogen) atoms. The van der Waals surface area contributed by atoms with Gasteiger partial charge in [0.25, 0.3) is 0 Å². The molecule has 2 atom stereocenters. The van der Waals surface area contributed by atoms with E-state index < -0.39 is 11.6 Å². The van der Waals surface area contributed by atoms with Crippen LogP contribution >= 0.6 is 0 Å². The lowest BCUT2D eigenvalue weighted by Gasteiger charge is -2.37. The van der Waals surface area contributed by atoms with Gasteiger partial charge in [-0.05, 0) is 56.3 Å². The van der Waals surface area contributed by atoms with Gasteiger partial charge >= 0.3 is 0 Å². The number of carbonyl (C=O) groups is 1. The zero-order valence-electron chi connectivity index (χ0n) is 15.8. The van der Waals surface area contributed by atoms with E-state index in [0.29, 0.717) is 18.7 Å². The van der Waals surface area contributed by atoms with Gasteiger partial charge in [0.15, 0.2) is 11.6 Å². The van der Waals surface area contributed by atoms with E-state index in [0.717, 1.165) is 44.0 Å². The van der Waals surface area contributed by atoms with E-state index in [1.165, 1.54) is 0 Å². The third kappa shape index (κ3) is 4.38. The number of likely N-dealkylation sites (tertiary alicyclic amines) is 1. The highest BCUT2D eigenvalue weighted by Crippen LogP contribution is 2.33. The number of rotatable bonds is 6. The van der Waals surface area contributed by atoms with Crippen LogP contribution in [-0.2, 0) is 11.3 Å². The Hall–Kier alpha value is -2.34. The zero-order chi connectivity index (χ0) is 19.5. The fourth-order valence-electron chi connectivity index (χ4n) is 4.03. The van der Waals surface area contributed by atoms with Crippen LogP contribution in [0.25, 0.3) is 0 Å². The lowest BCUT2D eigenvalue weighted by molar-refractivity contribution is -0.123. The number of benzene rings is 1. The molecule has 1 aromatic heterocycles. The Morgan fingerprint density at radius 1 is 1.18 bits per heavy atom. The standard InChI is InChI=1S/C22H25F2N3O/c23-18-7-3-5-16(20(18)24)13-27-12-4-6-17(14-27)21(19-8-1-2-11-25-19)26-22(28)15-9-10-15/h1-3,5,7-8,11,15,17,21H,4,6,9-10,12-14H2,(H,26,28). The molecule has 4 rings (SSSR count). The molecule has 1 saturated carbocycles. The Morgan fingerprint density at radius 3 is 2.79 bits per heavy atom. The summed E-state index contributed by atoms with van der Waals surface area (Å²) in [5, 5.41) is 3.21. The highest BCUT2D eigenvalue weighted by Gasteiger charge is 2.35. The van der Waals surface area contributed by atoms with Gasteiger partial charge in [-0.3, -0.25) is 14.7 Å². The smallest absolute Gasteiger partial charge is 0.223 e. The minimum atomic E-state index is -0.811. The van der Waals surface area contributed by atoms with Gasteiger partial charge in [-0.2, -0.15) is 0 Å². The van der Waals surface area contributed by atoms with Gasteiger partial charge in [-0.15, -0.1) is 0 Å². The molecular formula is C22H25F2N3O. The molecule has 1 N–H and O–H groups in total. The van der Waals surface area contributed by atoms with E-state index in [-0.39, 0.29) is 23.8 Å². The molecule has 1 aliphatic heterocycles. The highest BCUT2D eigenvalue weighted by molar-refractivity contribution is 5.81. The van der Waals surface area contributed by atoms with Crippen LogP contribution in [0.2, 0.25) is 0 Å². The summed E-state index contributed by atoms with van der Waals surface area (Å²) in [6.07, 6.45) is 5.57. The SMILES string of the molecule is O=C(NC(c1ccccn1)C1CCCN(Cc2cccc(F)c2F)C1)C1CC1. The summed E-state index contributed by atoms with van der Waals surface area (Å²) in [6.45, 7) is 1.91. The van der Waals surface area contributed by atoms with Crippen molar-refractivity contribution in [3.8, 4) is 0 Å². The molecule has 2 heterocycles. The first kappa shape index (κ1) is 19.0. The lowest BCUT2D eigenvalue weighted by atomic mass is 9.88. The second-order valence-electron chi connectivity index (χ2n) is 7.87. The molecule has 4 nitrogen and oxygen atoms in total. The number of carbonyl (C=O) groups excluding carboxylic acids is 1. The quantitative estimate of drug-likeness (QED) is 0.822. The molecule has 1 saturated heterocycles. The number of nitrogens with zero attached hydrogens (tertiary/aromatic N) is 2. The van der Waals surface area contributed by atoms with Crippen molar-refractivity contribution >= 4 is 5.91 Å². The molecule has 0 spiro atoms. The molecule has 2 aromatic rings. The van der Waals surface area contributed by atoms with Crippen LogP contribution < -0.4 is 5.32 Å². The van der Waals surface area contributed by atoms with Gasteiger partial charge in [-0.1, -0.05) is 18.2 Å². The Kier molecular flexibility index (Phi) is 5.67. The van der Waals surface area contributed by atoms with Gasteiger partial charge in [-0.25, -0.2) is 8.78 Å². The number of pyridine rings is 1. The molecule has 1 amide bonds. The largest absolute Gasteiger partial charge is 0.347 e. The van der Waals surface area contributed by atoms with E-state index in [9.17, 15) is 13.6 Å². The van der Waals surface area contributed by atoms with Gasteiger partial charge in [0.1, 0.15) is 0 Å². The third-order valence-electron chi connectivity index (χ3n) is 5.69. The van der Waals surface area contributed by atoms with Crippen molar-refractivity contribution < 1.29 is 13.6 Å². The minimum Gasteiger partial charge on any atom is -0.347 e. The van der Waals surface area contributed by atoms with E-state index >= 15 is 0 Å². The first-order valence-corrected chi connectivity index (χ1v) is 9.98. The molecule has 1 aromatic carbocycles. The maximum Gasteiger partial charge on any atom is 0.223 e. The number of halogens is 2. The van der Waals surface area contributed by atoms with Gasteiger partial charge in [0.05, 0.1) is 11.7 Å². The number of hydrogen-bond acceptors (Lipinski definition) is 3. The number of amides is 1. The monoisotopic (exact) mass is 385 g/mol. The highest BCUT2D eigenvalue weighted by atomic mass is 19.2. The van der Waals surface area contributed by atoms with Crippen LogP contribution in [0.1, 0.15) is 43.0 Å². The van der Waals surface area contributed by atoms with Crippen LogP contribution in [0.3, 0.4) is 0 Å². The molecule has 0 bridgehead atoms. The van der Waals surface area contributed by atoms with Crippen molar-refractivity contribution in [2.75, 3.05) is 13.1 Å². The lowest BCUT2D eigenvalue weighted by Crippen LogP contribution is -2.43. The van der Waals surface area contributed by atoms with Gasteiger partial charge < -0.3 is 5.32 Å². The molecular weight excluding hydrogens is 360 g/mol. The Morgan fingerprint density at radius 2 is 2.04 bits per heavy atom.